The van der Waals surface area contributed by atoms with Gasteiger partial charge in [-0.2, -0.15) is 4.98 Å². The van der Waals surface area contributed by atoms with Crippen molar-refractivity contribution >= 4 is 29.3 Å². The number of para-hydroxylation sites is 2. The molecule has 0 aliphatic carbocycles. The molecule has 0 spiro atoms. The van der Waals surface area contributed by atoms with Gasteiger partial charge in [0, 0.05) is 11.4 Å². The molecule has 9 nitrogen and oxygen atoms in total. The van der Waals surface area contributed by atoms with Crippen LogP contribution < -0.4 is 20.1 Å². The first-order valence-electron chi connectivity index (χ1n) is 12.5. The van der Waals surface area contributed by atoms with Gasteiger partial charge >= 0.3 is 0 Å². The lowest BCUT2D eigenvalue weighted by molar-refractivity contribution is -0.113. The molecule has 10 heteroatoms. The number of phenolic OH excluding ortho intramolecular Hbond substituents is 1. The highest BCUT2D eigenvalue weighted by molar-refractivity contribution is 7.98. The molecule has 4 aromatic rings. The second-order valence-corrected chi connectivity index (χ2v) is 9.76. The molecule has 1 atom stereocenters. The van der Waals surface area contributed by atoms with Crippen LogP contribution in [-0.2, 0) is 10.5 Å². The Morgan fingerprint density at radius 2 is 1.87 bits per heavy atom. The predicted molar refractivity (Wildman–Crippen MR) is 151 cm³/mol. The van der Waals surface area contributed by atoms with Gasteiger partial charge in [0.1, 0.15) is 11.8 Å². The number of fused-ring (bicyclic) bond motifs is 1. The van der Waals surface area contributed by atoms with E-state index in [1.807, 2.05) is 44.2 Å². The lowest BCUT2D eigenvalue weighted by atomic mass is 9.94. The number of phenols is 1. The number of rotatable bonds is 9. The predicted octanol–water partition coefficient (Wildman–Crippen LogP) is 5.61. The standard InChI is InChI=1S/C29H29N5O4S/c1-4-38-24-16-20(14-15-22(24)35)26-25(27(36)31-21-12-8-9-13-23(21)37-3)18(2)30-28-32-29(33-34(26)28)39-17-19-10-6-5-7-11-19/h5-16,26,35H,4,17H2,1-3H3,(H,31,36)(H,30,32,33). The smallest absolute Gasteiger partial charge is 0.255 e. The number of anilines is 2. The summed E-state index contributed by atoms with van der Waals surface area (Å²) in [6.45, 7) is 4.07. The SMILES string of the molecule is CCOc1cc(C2C(C(=O)Nc3ccccc3OC)=C(C)Nc3nc(SCc4ccccc4)nn32)ccc1O. The highest BCUT2D eigenvalue weighted by atomic mass is 32.2. The molecular weight excluding hydrogens is 514 g/mol. The zero-order valence-electron chi connectivity index (χ0n) is 21.8. The van der Waals surface area contributed by atoms with Crippen LogP contribution >= 0.6 is 11.8 Å². The number of carbonyl (C=O) groups is 1. The molecule has 1 aromatic heterocycles. The first kappa shape index (κ1) is 26.2. The topological polar surface area (TPSA) is 111 Å². The Hall–Kier alpha value is -4.44. The van der Waals surface area contributed by atoms with Gasteiger partial charge in [-0.1, -0.05) is 60.3 Å². The Bertz CT molecular complexity index is 1520. The van der Waals surface area contributed by atoms with Crippen molar-refractivity contribution in [1.82, 2.24) is 14.8 Å². The van der Waals surface area contributed by atoms with Crippen LogP contribution in [0.25, 0.3) is 0 Å². The lowest BCUT2D eigenvalue weighted by Gasteiger charge is -2.29. The normalized spacial score (nSPS) is 14.4. The van der Waals surface area contributed by atoms with E-state index in [0.717, 1.165) is 5.56 Å². The molecule has 2 heterocycles. The molecule has 3 N–H and O–H groups in total. The number of nitrogens with zero attached hydrogens (tertiary/aromatic N) is 3. The van der Waals surface area contributed by atoms with Crippen LogP contribution in [0.5, 0.6) is 17.2 Å². The Kier molecular flexibility index (Phi) is 7.74. The molecule has 0 saturated heterocycles. The molecule has 1 amide bonds. The van der Waals surface area contributed by atoms with Crippen LogP contribution in [0.15, 0.2) is 89.2 Å². The Morgan fingerprint density at radius 3 is 2.64 bits per heavy atom. The Labute approximate surface area is 230 Å². The molecule has 39 heavy (non-hydrogen) atoms. The number of carbonyl (C=O) groups excluding carboxylic acids is 1. The molecule has 1 unspecified atom stereocenters. The number of amides is 1. The van der Waals surface area contributed by atoms with Gasteiger partial charge in [0.25, 0.3) is 5.91 Å². The molecule has 0 fully saturated rings. The maximum absolute atomic E-state index is 13.8. The number of nitrogens with one attached hydrogen (secondary N) is 2. The quantitative estimate of drug-likeness (QED) is 0.234. The van der Waals surface area contributed by atoms with Crippen molar-refractivity contribution in [2.24, 2.45) is 0 Å². The van der Waals surface area contributed by atoms with Gasteiger partial charge < -0.3 is 25.2 Å². The van der Waals surface area contributed by atoms with Crippen molar-refractivity contribution in [3.63, 3.8) is 0 Å². The monoisotopic (exact) mass is 543 g/mol. The summed E-state index contributed by atoms with van der Waals surface area (Å²) in [4.78, 5) is 18.5. The van der Waals surface area contributed by atoms with Crippen LogP contribution in [0.2, 0.25) is 0 Å². The van der Waals surface area contributed by atoms with Crippen molar-refractivity contribution < 1.29 is 19.4 Å². The van der Waals surface area contributed by atoms with Gasteiger partial charge in [0.15, 0.2) is 11.5 Å². The number of methoxy groups -OCH3 is 1. The van der Waals surface area contributed by atoms with Gasteiger partial charge in [0.2, 0.25) is 11.1 Å². The summed E-state index contributed by atoms with van der Waals surface area (Å²) in [5.74, 6) is 1.81. The van der Waals surface area contributed by atoms with E-state index in [9.17, 15) is 9.90 Å². The summed E-state index contributed by atoms with van der Waals surface area (Å²) in [6, 6.07) is 21.8. The minimum absolute atomic E-state index is 0.0215. The first-order valence-corrected chi connectivity index (χ1v) is 13.5. The van der Waals surface area contributed by atoms with E-state index >= 15 is 0 Å². The summed E-state index contributed by atoms with van der Waals surface area (Å²) < 4.78 is 12.8. The number of thioether (sulfide) groups is 1. The van der Waals surface area contributed by atoms with Crippen molar-refractivity contribution in [2.75, 3.05) is 24.4 Å². The molecule has 1 aliphatic heterocycles. The molecule has 1 aliphatic rings. The van der Waals surface area contributed by atoms with Crippen molar-refractivity contribution in [1.29, 1.82) is 0 Å². The minimum Gasteiger partial charge on any atom is -0.504 e. The van der Waals surface area contributed by atoms with Crippen molar-refractivity contribution in [3.8, 4) is 17.2 Å². The number of hydrogen-bond acceptors (Lipinski definition) is 8. The second-order valence-electron chi connectivity index (χ2n) is 8.82. The van der Waals surface area contributed by atoms with E-state index < -0.39 is 6.04 Å². The third kappa shape index (κ3) is 5.56. The Balaban J connectivity index is 1.54. The number of allylic oxidation sites excluding steroid dienone is 1. The molecule has 0 bridgehead atoms. The third-order valence-electron chi connectivity index (χ3n) is 6.24. The summed E-state index contributed by atoms with van der Waals surface area (Å²) >= 11 is 1.51. The number of ether oxygens (including phenoxy) is 2. The summed E-state index contributed by atoms with van der Waals surface area (Å²) in [7, 11) is 1.56. The van der Waals surface area contributed by atoms with E-state index in [1.165, 1.54) is 11.8 Å². The molecular formula is C29H29N5O4S. The van der Waals surface area contributed by atoms with Crippen LogP contribution in [0.4, 0.5) is 11.6 Å². The highest BCUT2D eigenvalue weighted by Gasteiger charge is 2.35. The zero-order valence-corrected chi connectivity index (χ0v) is 22.7. The molecule has 0 saturated carbocycles. The number of aromatic hydroxyl groups is 1. The second kappa shape index (κ2) is 11.5. The van der Waals surface area contributed by atoms with Gasteiger partial charge in [-0.25, -0.2) is 4.68 Å². The van der Waals surface area contributed by atoms with E-state index in [4.69, 9.17) is 19.6 Å². The van der Waals surface area contributed by atoms with Crippen LogP contribution in [0.3, 0.4) is 0 Å². The summed E-state index contributed by atoms with van der Waals surface area (Å²) in [5, 5.41) is 22.0. The van der Waals surface area contributed by atoms with Gasteiger partial charge in [-0.3, -0.25) is 4.79 Å². The van der Waals surface area contributed by atoms with Crippen molar-refractivity contribution in [3.05, 3.63) is 95.2 Å². The number of benzene rings is 3. The average molecular weight is 544 g/mol. The van der Waals surface area contributed by atoms with Crippen LogP contribution in [-0.4, -0.2) is 39.5 Å². The summed E-state index contributed by atoms with van der Waals surface area (Å²) in [6.07, 6.45) is 0. The molecule has 0 radical (unpaired) electrons. The summed E-state index contributed by atoms with van der Waals surface area (Å²) in [5.41, 5.74) is 3.51. The maximum Gasteiger partial charge on any atom is 0.255 e. The van der Waals surface area contributed by atoms with Crippen LogP contribution in [0.1, 0.15) is 31.0 Å². The Morgan fingerprint density at radius 1 is 1.10 bits per heavy atom. The minimum atomic E-state index is -0.630. The highest BCUT2D eigenvalue weighted by Crippen LogP contribution is 2.40. The molecule has 5 rings (SSSR count). The number of hydrogen-bond donors (Lipinski definition) is 3. The van der Waals surface area contributed by atoms with E-state index in [1.54, 1.807) is 42.1 Å². The maximum atomic E-state index is 13.8. The molecule has 3 aromatic carbocycles. The largest absolute Gasteiger partial charge is 0.504 e. The zero-order chi connectivity index (χ0) is 27.4. The van der Waals surface area contributed by atoms with Crippen molar-refractivity contribution in [2.45, 2.75) is 30.8 Å². The average Bonchev–Trinajstić information content (AvgIpc) is 3.35. The lowest BCUT2D eigenvalue weighted by Crippen LogP contribution is -2.31. The third-order valence-corrected chi connectivity index (χ3v) is 7.15. The fraction of sp³-hybridized carbons (Fsp3) is 0.207. The van der Waals surface area contributed by atoms with Gasteiger partial charge in [-0.15, -0.1) is 5.10 Å². The first-order chi connectivity index (χ1) is 19.0. The van der Waals surface area contributed by atoms with E-state index in [2.05, 4.69) is 22.8 Å². The number of aromatic nitrogens is 3. The van der Waals surface area contributed by atoms with E-state index in [-0.39, 0.29) is 11.7 Å². The molecule has 200 valence electrons. The fourth-order valence-electron chi connectivity index (χ4n) is 4.43. The fourth-order valence-corrected chi connectivity index (χ4v) is 5.21. The van der Waals surface area contributed by atoms with Gasteiger partial charge in [0.05, 0.1) is 25.0 Å². The van der Waals surface area contributed by atoms with Gasteiger partial charge in [-0.05, 0) is 49.2 Å². The van der Waals surface area contributed by atoms with E-state index in [0.29, 0.717) is 57.5 Å². The van der Waals surface area contributed by atoms with Crippen LogP contribution in [0, 0.1) is 0 Å².